The van der Waals surface area contributed by atoms with Gasteiger partial charge in [0.1, 0.15) is 0 Å². The van der Waals surface area contributed by atoms with Crippen LogP contribution in [-0.4, -0.2) is 38.4 Å². The molecule has 3 amide bonds. The van der Waals surface area contributed by atoms with Gasteiger partial charge >= 0.3 is 0 Å². The molecule has 0 fully saturated rings. The fourth-order valence-corrected chi connectivity index (χ4v) is 1.32. The zero-order valence-corrected chi connectivity index (χ0v) is 10.4. The van der Waals surface area contributed by atoms with Crippen LogP contribution in [0.1, 0.15) is 20.3 Å². The second kappa shape index (κ2) is 9.62. The lowest BCUT2D eigenvalue weighted by Crippen LogP contribution is -2.37. The summed E-state index contributed by atoms with van der Waals surface area (Å²) in [5.41, 5.74) is 0. The van der Waals surface area contributed by atoms with Crippen LogP contribution in [0.25, 0.3) is 0 Å². The van der Waals surface area contributed by atoms with E-state index in [2.05, 4.69) is 16.0 Å². The Morgan fingerprint density at radius 2 is 1.76 bits per heavy atom. The fourth-order valence-electron chi connectivity index (χ4n) is 1.32. The summed E-state index contributed by atoms with van der Waals surface area (Å²) in [6.07, 6.45) is 1.49. The first-order chi connectivity index (χ1) is 8.11. The van der Waals surface area contributed by atoms with Gasteiger partial charge in [0, 0.05) is 26.1 Å². The van der Waals surface area contributed by atoms with Crippen molar-refractivity contribution in [2.45, 2.75) is 20.3 Å². The van der Waals surface area contributed by atoms with Crippen LogP contribution in [0.4, 0.5) is 0 Å². The van der Waals surface area contributed by atoms with Gasteiger partial charge in [-0.05, 0) is 11.8 Å². The van der Waals surface area contributed by atoms with Gasteiger partial charge in [0.2, 0.25) is 18.7 Å². The van der Waals surface area contributed by atoms with Crippen molar-refractivity contribution in [3.8, 4) is 0 Å². The summed E-state index contributed by atoms with van der Waals surface area (Å²) in [6, 6.07) is 0. The fraction of sp³-hybridized carbons (Fsp3) is 0.727. The van der Waals surface area contributed by atoms with Gasteiger partial charge in [-0.2, -0.15) is 0 Å². The van der Waals surface area contributed by atoms with Crippen LogP contribution < -0.4 is 16.0 Å². The molecule has 1 atom stereocenters. The summed E-state index contributed by atoms with van der Waals surface area (Å²) >= 11 is 0. The Labute approximate surface area is 102 Å². The molecule has 0 radical (unpaired) electrons. The Kier molecular flexibility index (Phi) is 8.72. The molecule has 0 aliphatic rings. The second-order valence-corrected chi connectivity index (χ2v) is 4.16. The van der Waals surface area contributed by atoms with Crippen molar-refractivity contribution in [3.63, 3.8) is 0 Å². The lowest BCUT2D eigenvalue weighted by atomic mass is 9.96. The summed E-state index contributed by atoms with van der Waals surface area (Å²) in [5.74, 6) is 0.482. The zero-order valence-electron chi connectivity index (χ0n) is 10.4. The van der Waals surface area contributed by atoms with Crippen molar-refractivity contribution in [2.24, 2.45) is 11.8 Å². The highest BCUT2D eigenvalue weighted by atomic mass is 16.2. The van der Waals surface area contributed by atoms with Crippen LogP contribution in [0, 0.1) is 11.8 Å². The van der Waals surface area contributed by atoms with Gasteiger partial charge < -0.3 is 16.0 Å². The maximum Gasteiger partial charge on any atom is 0.221 e. The number of rotatable bonds is 10. The first-order valence-corrected chi connectivity index (χ1v) is 5.72. The number of carbonyl (C=O) groups excluding carboxylic acids is 3. The average molecular weight is 243 g/mol. The van der Waals surface area contributed by atoms with Crippen LogP contribution in [0.15, 0.2) is 0 Å². The third kappa shape index (κ3) is 8.24. The first-order valence-electron chi connectivity index (χ1n) is 5.72. The van der Waals surface area contributed by atoms with E-state index in [0.29, 0.717) is 38.4 Å². The molecule has 0 aliphatic carbocycles. The van der Waals surface area contributed by atoms with E-state index in [4.69, 9.17) is 0 Å². The average Bonchev–Trinajstić information content (AvgIpc) is 2.29. The topological polar surface area (TPSA) is 87.3 Å². The first kappa shape index (κ1) is 15.4. The van der Waals surface area contributed by atoms with Gasteiger partial charge in [-0.1, -0.05) is 13.8 Å². The molecule has 0 aromatic heterocycles. The van der Waals surface area contributed by atoms with E-state index in [1.54, 1.807) is 0 Å². The van der Waals surface area contributed by atoms with E-state index >= 15 is 0 Å². The van der Waals surface area contributed by atoms with Crippen LogP contribution in [0.3, 0.4) is 0 Å². The van der Waals surface area contributed by atoms with Crippen LogP contribution in [0.2, 0.25) is 0 Å². The SMILES string of the molecule is CC(C)C(CNC=O)CNC(=O)CCNC=O. The van der Waals surface area contributed by atoms with Crippen LogP contribution in [-0.2, 0) is 14.4 Å². The van der Waals surface area contributed by atoms with Crippen molar-refractivity contribution in [1.82, 2.24) is 16.0 Å². The Hall–Kier alpha value is -1.59. The standard InChI is InChI=1S/C11H21N3O3/c1-9(2)10(5-13-8-16)6-14-11(17)3-4-12-7-15/h7-10H,3-6H2,1-2H3,(H,12,15)(H,13,16)(H,14,17). The van der Waals surface area contributed by atoms with E-state index in [9.17, 15) is 14.4 Å². The van der Waals surface area contributed by atoms with E-state index in [1.807, 2.05) is 13.8 Å². The molecule has 0 saturated carbocycles. The number of hydrogen-bond acceptors (Lipinski definition) is 3. The normalized spacial score (nSPS) is 11.7. The Morgan fingerprint density at radius 3 is 2.29 bits per heavy atom. The smallest absolute Gasteiger partial charge is 0.221 e. The molecule has 6 nitrogen and oxygen atoms in total. The second-order valence-electron chi connectivity index (χ2n) is 4.16. The molecule has 6 heteroatoms. The molecular weight excluding hydrogens is 222 g/mol. The molecule has 17 heavy (non-hydrogen) atoms. The lowest BCUT2D eigenvalue weighted by molar-refractivity contribution is -0.121. The monoisotopic (exact) mass is 243 g/mol. The molecule has 3 N–H and O–H groups in total. The summed E-state index contributed by atoms with van der Waals surface area (Å²) in [7, 11) is 0. The molecule has 0 saturated heterocycles. The van der Waals surface area contributed by atoms with Crippen molar-refractivity contribution in [3.05, 3.63) is 0 Å². The van der Waals surface area contributed by atoms with E-state index in [0.717, 1.165) is 0 Å². The lowest BCUT2D eigenvalue weighted by Gasteiger charge is -2.20. The van der Waals surface area contributed by atoms with Crippen molar-refractivity contribution < 1.29 is 14.4 Å². The van der Waals surface area contributed by atoms with Gasteiger partial charge in [-0.25, -0.2) is 0 Å². The van der Waals surface area contributed by atoms with E-state index in [1.165, 1.54) is 0 Å². The minimum atomic E-state index is -0.101. The van der Waals surface area contributed by atoms with Gasteiger partial charge in [0.15, 0.2) is 0 Å². The molecule has 0 spiro atoms. The maximum absolute atomic E-state index is 11.4. The van der Waals surface area contributed by atoms with Gasteiger partial charge in [-0.3, -0.25) is 14.4 Å². The molecule has 0 rings (SSSR count). The summed E-state index contributed by atoms with van der Waals surface area (Å²) in [6.45, 7) is 5.50. The minimum Gasteiger partial charge on any atom is -0.358 e. The molecule has 0 heterocycles. The molecule has 98 valence electrons. The molecule has 1 unspecified atom stereocenters. The Bertz CT molecular complexity index is 244. The maximum atomic E-state index is 11.4. The third-order valence-electron chi connectivity index (χ3n) is 2.55. The number of hydrogen-bond donors (Lipinski definition) is 3. The summed E-state index contributed by atoms with van der Waals surface area (Å²) in [4.78, 5) is 31.5. The Morgan fingerprint density at radius 1 is 1.12 bits per heavy atom. The van der Waals surface area contributed by atoms with Crippen molar-refractivity contribution >= 4 is 18.7 Å². The largest absolute Gasteiger partial charge is 0.358 e. The molecule has 0 aliphatic heterocycles. The van der Waals surface area contributed by atoms with Crippen LogP contribution in [0.5, 0.6) is 0 Å². The predicted octanol–water partition coefficient (Wildman–Crippen LogP) is -0.743. The van der Waals surface area contributed by atoms with Crippen LogP contribution >= 0.6 is 0 Å². The van der Waals surface area contributed by atoms with Gasteiger partial charge in [0.05, 0.1) is 0 Å². The molecule has 0 aromatic carbocycles. The highest BCUT2D eigenvalue weighted by Gasteiger charge is 2.13. The van der Waals surface area contributed by atoms with Gasteiger partial charge in [-0.15, -0.1) is 0 Å². The van der Waals surface area contributed by atoms with E-state index in [-0.39, 0.29) is 18.2 Å². The highest BCUT2D eigenvalue weighted by molar-refractivity contribution is 5.76. The number of nitrogens with one attached hydrogen (secondary N) is 3. The highest BCUT2D eigenvalue weighted by Crippen LogP contribution is 2.08. The predicted molar refractivity (Wildman–Crippen MR) is 64.1 cm³/mol. The van der Waals surface area contributed by atoms with Gasteiger partial charge in [0.25, 0.3) is 0 Å². The quantitative estimate of drug-likeness (QED) is 0.349. The summed E-state index contributed by atoms with van der Waals surface area (Å²) in [5, 5.41) is 7.82. The molecule has 0 bridgehead atoms. The summed E-state index contributed by atoms with van der Waals surface area (Å²) < 4.78 is 0. The third-order valence-corrected chi connectivity index (χ3v) is 2.55. The van der Waals surface area contributed by atoms with Crippen molar-refractivity contribution in [1.29, 1.82) is 0 Å². The minimum absolute atomic E-state index is 0.101. The Balaban J connectivity index is 3.82. The number of amides is 3. The molecule has 0 aromatic rings. The zero-order chi connectivity index (χ0) is 13.1. The van der Waals surface area contributed by atoms with E-state index < -0.39 is 0 Å². The number of carbonyl (C=O) groups is 3. The molecular formula is C11H21N3O3. The van der Waals surface area contributed by atoms with Crippen molar-refractivity contribution in [2.75, 3.05) is 19.6 Å².